The van der Waals surface area contributed by atoms with Gasteiger partial charge in [-0.1, -0.05) is 0 Å². The first-order valence-corrected chi connectivity index (χ1v) is 10.0. The van der Waals surface area contributed by atoms with Gasteiger partial charge in [-0.05, 0) is 25.8 Å². The van der Waals surface area contributed by atoms with E-state index in [2.05, 4.69) is 20.6 Å². The van der Waals surface area contributed by atoms with Gasteiger partial charge >= 0.3 is 5.97 Å². The molecule has 14 nitrogen and oxygen atoms in total. The third-order valence-electron chi connectivity index (χ3n) is 4.52. The van der Waals surface area contributed by atoms with E-state index in [1.807, 2.05) is 5.32 Å². The Labute approximate surface area is 184 Å². The van der Waals surface area contributed by atoms with Crippen LogP contribution in [0.4, 0.5) is 0 Å². The van der Waals surface area contributed by atoms with Crippen LogP contribution in [0, 0.1) is 0 Å². The molecule has 1 aromatic heterocycles. The molecule has 3 amide bonds. The maximum absolute atomic E-state index is 12.7. The minimum absolute atomic E-state index is 0.155. The van der Waals surface area contributed by atoms with E-state index in [0.29, 0.717) is 25.1 Å². The summed E-state index contributed by atoms with van der Waals surface area (Å²) in [5.41, 5.74) is 12.0. The number of hydrogen-bond donors (Lipinski definition) is 9. The summed E-state index contributed by atoms with van der Waals surface area (Å²) >= 11 is 0. The van der Waals surface area contributed by atoms with Crippen molar-refractivity contribution in [3.05, 3.63) is 18.2 Å². The molecule has 32 heavy (non-hydrogen) atoms. The zero-order valence-corrected chi connectivity index (χ0v) is 17.5. The number of nitrogens with zero attached hydrogens (tertiary/aromatic N) is 1. The second-order valence-electron chi connectivity index (χ2n) is 7.06. The molecule has 1 aromatic rings. The standard InChI is InChI=1S/C18H31N7O7/c19-4-2-1-3-12(23-15(28)11(20)5-10-6-21-9-22-10)16(29)24-13(7-26)17(30)25-14(8-27)18(31)32/h6,9,11-14,26-27H,1-5,7-8,19-20H2,(H,21,22)(H,23,28)(H,24,29)(H,25,30)(H,31,32). The van der Waals surface area contributed by atoms with Gasteiger partial charge in [0.1, 0.15) is 18.1 Å². The van der Waals surface area contributed by atoms with Crippen molar-refractivity contribution in [3.8, 4) is 0 Å². The average molecular weight is 457 g/mol. The number of carbonyl (C=O) groups is 4. The molecule has 0 aliphatic heterocycles. The predicted molar refractivity (Wildman–Crippen MR) is 111 cm³/mol. The molecular formula is C18H31N7O7. The normalized spacial score (nSPS) is 14.6. The Balaban J connectivity index is 2.79. The molecule has 0 saturated heterocycles. The van der Waals surface area contributed by atoms with E-state index in [1.165, 1.54) is 12.5 Å². The molecule has 4 atom stereocenters. The van der Waals surface area contributed by atoms with E-state index in [-0.39, 0.29) is 12.8 Å². The maximum Gasteiger partial charge on any atom is 0.328 e. The third-order valence-corrected chi connectivity index (χ3v) is 4.52. The number of carboxylic acid groups (broad SMARTS) is 1. The Morgan fingerprint density at radius 1 is 0.969 bits per heavy atom. The zero-order valence-electron chi connectivity index (χ0n) is 17.5. The number of hydrogen-bond acceptors (Lipinski definition) is 9. The number of aliphatic hydroxyl groups is 2. The molecule has 0 aliphatic rings. The van der Waals surface area contributed by atoms with Crippen molar-refractivity contribution < 1.29 is 34.5 Å². The van der Waals surface area contributed by atoms with Crippen molar-refractivity contribution in [2.24, 2.45) is 11.5 Å². The highest BCUT2D eigenvalue weighted by atomic mass is 16.4. The molecule has 0 spiro atoms. The van der Waals surface area contributed by atoms with Gasteiger partial charge in [-0.15, -0.1) is 0 Å². The Morgan fingerprint density at radius 2 is 1.56 bits per heavy atom. The van der Waals surface area contributed by atoms with Crippen LogP contribution in [-0.2, 0) is 25.6 Å². The van der Waals surface area contributed by atoms with Gasteiger partial charge in [-0.3, -0.25) is 14.4 Å². The number of rotatable bonds is 15. The number of carboxylic acids is 1. The highest BCUT2D eigenvalue weighted by Crippen LogP contribution is 2.04. The van der Waals surface area contributed by atoms with E-state index in [9.17, 15) is 24.3 Å². The summed E-state index contributed by atoms with van der Waals surface area (Å²) in [7, 11) is 0. The first-order chi connectivity index (χ1) is 15.2. The Hall–Kier alpha value is -3.07. The van der Waals surface area contributed by atoms with E-state index in [4.69, 9.17) is 21.7 Å². The van der Waals surface area contributed by atoms with Crippen LogP contribution in [0.3, 0.4) is 0 Å². The fourth-order valence-electron chi connectivity index (χ4n) is 2.69. The molecule has 1 heterocycles. The van der Waals surface area contributed by atoms with Gasteiger partial charge < -0.3 is 47.7 Å². The first kappa shape index (κ1) is 27.0. The number of aromatic nitrogens is 2. The summed E-state index contributed by atoms with van der Waals surface area (Å²) in [5, 5.41) is 34.2. The number of aromatic amines is 1. The fraction of sp³-hybridized carbons (Fsp3) is 0.611. The lowest BCUT2D eigenvalue weighted by atomic mass is 10.1. The molecule has 0 aromatic carbocycles. The number of nitrogens with two attached hydrogens (primary N) is 2. The van der Waals surface area contributed by atoms with Crippen molar-refractivity contribution >= 4 is 23.7 Å². The number of aliphatic carboxylic acids is 1. The topological polar surface area (TPSA) is 246 Å². The third kappa shape index (κ3) is 8.97. The molecule has 0 bridgehead atoms. The number of amides is 3. The minimum atomic E-state index is -1.60. The molecule has 11 N–H and O–H groups in total. The summed E-state index contributed by atoms with van der Waals surface area (Å²) in [6, 6.07) is -5.15. The molecule has 4 unspecified atom stereocenters. The Kier molecular flexibility index (Phi) is 11.9. The second kappa shape index (κ2) is 14.1. The first-order valence-electron chi connectivity index (χ1n) is 10.0. The molecule has 0 radical (unpaired) electrons. The zero-order chi connectivity index (χ0) is 24.1. The second-order valence-corrected chi connectivity index (χ2v) is 7.06. The maximum atomic E-state index is 12.7. The predicted octanol–water partition coefficient (Wildman–Crippen LogP) is -4.07. The van der Waals surface area contributed by atoms with E-state index in [0.717, 1.165) is 0 Å². The van der Waals surface area contributed by atoms with E-state index >= 15 is 0 Å². The average Bonchev–Trinajstić information content (AvgIpc) is 3.27. The van der Waals surface area contributed by atoms with Crippen LogP contribution in [0.15, 0.2) is 12.5 Å². The van der Waals surface area contributed by atoms with Gasteiger partial charge in [0.2, 0.25) is 17.7 Å². The Bertz CT molecular complexity index is 744. The molecule has 0 aliphatic carbocycles. The summed E-state index contributed by atoms with van der Waals surface area (Å²) in [5.74, 6) is -3.87. The molecular weight excluding hydrogens is 426 g/mol. The highest BCUT2D eigenvalue weighted by molar-refractivity contribution is 5.94. The largest absolute Gasteiger partial charge is 0.480 e. The van der Waals surface area contributed by atoms with Gasteiger partial charge in [-0.25, -0.2) is 9.78 Å². The number of H-pyrrole nitrogens is 1. The van der Waals surface area contributed by atoms with Crippen LogP contribution in [-0.4, -0.2) is 92.9 Å². The van der Waals surface area contributed by atoms with Crippen LogP contribution in [0.5, 0.6) is 0 Å². The molecule has 0 fully saturated rings. The van der Waals surface area contributed by atoms with E-state index in [1.54, 1.807) is 0 Å². The van der Waals surface area contributed by atoms with Crippen molar-refractivity contribution in [2.75, 3.05) is 19.8 Å². The van der Waals surface area contributed by atoms with Crippen molar-refractivity contribution in [1.82, 2.24) is 25.9 Å². The smallest absolute Gasteiger partial charge is 0.328 e. The van der Waals surface area contributed by atoms with Gasteiger partial charge in [-0.2, -0.15) is 0 Å². The van der Waals surface area contributed by atoms with Crippen molar-refractivity contribution in [3.63, 3.8) is 0 Å². The van der Waals surface area contributed by atoms with Gasteiger partial charge in [0.05, 0.1) is 25.6 Å². The number of nitrogens with one attached hydrogen (secondary N) is 4. The van der Waals surface area contributed by atoms with Crippen LogP contribution >= 0.6 is 0 Å². The number of unbranched alkanes of at least 4 members (excludes halogenated alkanes) is 1. The summed E-state index contributed by atoms with van der Waals surface area (Å²) in [4.78, 5) is 55.0. The number of carbonyl (C=O) groups excluding carboxylic acids is 3. The van der Waals surface area contributed by atoms with Gasteiger partial charge in [0.15, 0.2) is 0 Å². The summed E-state index contributed by atoms with van der Waals surface area (Å²) < 4.78 is 0. The molecule has 180 valence electrons. The van der Waals surface area contributed by atoms with Crippen LogP contribution in [0.2, 0.25) is 0 Å². The van der Waals surface area contributed by atoms with Crippen LogP contribution in [0.25, 0.3) is 0 Å². The molecule has 1 rings (SSSR count). The van der Waals surface area contributed by atoms with Crippen LogP contribution in [0.1, 0.15) is 25.0 Å². The lowest BCUT2D eigenvalue weighted by molar-refractivity contribution is -0.143. The minimum Gasteiger partial charge on any atom is -0.480 e. The molecule has 14 heteroatoms. The summed E-state index contributed by atoms with van der Waals surface area (Å²) in [6.45, 7) is -1.33. The lowest BCUT2D eigenvalue weighted by Gasteiger charge is -2.24. The van der Waals surface area contributed by atoms with Gasteiger partial charge in [0, 0.05) is 18.3 Å². The molecule has 0 saturated carbocycles. The lowest BCUT2D eigenvalue weighted by Crippen LogP contribution is -2.58. The SMILES string of the molecule is NCCCCC(NC(=O)C(N)Cc1cnc[nH]1)C(=O)NC(CO)C(=O)NC(CO)C(=O)O. The van der Waals surface area contributed by atoms with Gasteiger partial charge in [0.25, 0.3) is 0 Å². The number of imidazole rings is 1. The monoisotopic (exact) mass is 457 g/mol. The van der Waals surface area contributed by atoms with Crippen molar-refractivity contribution in [2.45, 2.75) is 49.9 Å². The number of aliphatic hydroxyl groups excluding tert-OH is 2. The summed E-state index contributed by atoms with van der Waals surface area (Å²) in [6.07, 6.45) is 4.38. The van der Waals surface area contributed by atoms with Crippen LogP contribution < -0.4 is 27.4 Å². The Morgan fingerprint density at radius 3 is 2.09 bits per heavy atom. The van der Waals surface area contributed by atoms with E-state index < -0.39 is 61.1 Å². The quantitative estimate of drug-likeness (QED) is 0.115. The fourth-order valence-corrected chi connectivity index (χ4v) is 2.69. The van der Waals surface area contributed by atoms with Crippen molar-refractivity contribution in [1.29, 1.82) is 0 Å². The highest BCUT2D eigenvalue weighted by Gasteiger charge is 2.29.